The van der Waals surface area contributed by atoms with Gasteiger partial charge in [-0.1, -0.05) is 73.6 Å². The number of para-hydroxylation sites is 1. The largest absolute Gasteiger partial charge is 0.457 e. The van der Waals surface area contributed by atoms with Crippen LogP contribution in [0.4, 0.5) is 0 Å². The third-order valence-electron chi connectivity index (χ3n) is 8.56. The predicted molar refractivity (Wildman–Crippen MR) is 147 cm³/mol. The van der Waals surface area contributed by atoms with Gasteiger partial charge in [-0.3, -0.25) is 0 Å². The quantitative estimate of drug-likeness (QED) is 0.429. The van der Waals surface area contributed by atoms with Crippen LogP contribution in [0.2, 0.25) is 6.82 Å². The van der Waals surface area contributed by atoms with Crippen LogP contribution >= 0.6 is 0 Å². The van der Waals surface area contributed by atoms with E-state index in [0.717, 1.165) is 35.4 Å². The number of rotatable bonds is 4. The molecule has 3 aliphatic rings. The normalized spacial score (nSPS) is 19.9. The van der Waals surface area contributed by atoms with Crippen molar-refractivity contribution in [2.75, 3.05) is 0 Å². The molecule has 0 aromatic heterocycles. The zero-order valence-electron chi connectivity index (χ0n) is 21.8. The summed E-state index contributed by atoms with van der Waals surface area (Å²) < 4.78 is 13.0. The highest BCUT2D eigenvalue weighted by Gasteiger charge is 2.52. The molecule has 2 aliphatic carbocycles. The van der Waals surface area contributed by atoms with Crippen molar-refractivity contribution in [2.45, 2.75) is 64.0 Å². The van der Waals surface area contributed by atoms with Crippen molar-refractivity contribution in [3.63, 3.8) is 0 Å². The maximum Gasteiger partial charge on any atom is 0.324 e. The Balaban J connectivity index is 1.59. The van der Waals surface area contributed by atoms with Crippen LogP contribution < -0.4 is 10.2 Å². The molecule has 0 radical (unpaired) electrons. The van der Waals surface area contributed by atoms with Gasteiger partial charge in [-0.05, 0) is 80.4 Å². The van der Waals surface area contributed by atoms with Gasteiger partial charge in [-0.15, -0.1) is 0 Å². The first kappa shape index (κ1) is 23.3. The van der Waals surface area contributed by atoms with Crippen molar-refractivity contribution in [2.24, 2.45) is 0 Å². The lowest BCUT2D eigenvalue weighted by atomic mass is 9.59. The van der Waals surface area contributed by atoms with Crippen LogP contribution in [0.1, 0.15) is 62.8 Å². The Labute approximate surface area is 214 Å². The van der Waals surface area contributed by atoms with Crippen LogP contribution in [0.15, 0.2) is 84.5 Å². The number of ether oxygens (including phenoxy) is 1. The molecule has 0 saturated heterocycles. The zero-order chi connectivity index (χ0) is 25.3. The second-order valence-corrected chi connectivity index (χ2v) is 11.3. The number of allylic oxidation sites excluding steroid dienone is 4. The summed E-state index contributed by atoms with van der Waals surface area (Å²) >= 11 is 0. The molecule has 6 rings (SSSR count). The molecule has 182 valence electrons. The fraction of sp³-hybridized carbons (Fsp3) is 0.312. The van der Waals surface area contributed by atoms with Crippen molar-refractivity contribution in [3.8, 4) is 11.5 Å². The summed E-state index contributed by atoms with van der Waals surface area (Å²) in [7, 11) is 0. The Morgan fingerprint density at radius 2 is 1.58 bits per heavy atom. The summed E-state index contributed by atoms with van der Waals surface area (Å²) in [5.41, 5.74) is 6.74. The lowest BCUT2D eigenvalue weighted by Gasteiger charge is -2.41. The Kier molecular flexibility index (Phi) is 5.16. The van der Waals surface area contributed by atoms with Gasteiger partial charge in [0.2, 0.25) is 0 Å². The summed E-state index contributed by atoms with van der Waals surface area (Å²) in [4.78, 5) is 0. The maximum absolute atomic E-state index is 10.7. The van der Waals surface area contributed by atoms with Crippen molar-refractivity contribution in [1.82, 2.24) is 0 Å². The van der Waals surface area contributed by atoms with Crippen molar-refractivity contribution < 1.29 is 14.5 Å². The van der Waals surface area contributed by atoms with Gasteiger partial charge in [0.05, 0.1) is 16.6 Å². The summed E-state index contributed by atoms with van der Waals surface area (Å²) in [6.07, 6.45) is 6.76. The van der Waals surface area contributed by atoms with Crippen LogP contribution in [0.5, 0.6) is 11.5 Å². The third-order valence-corrected chi connectivity index (χ3v) is 8.56. The molecular weight excluding hydrogens is 443 g/mol. The van der Waals surface area contributed by atoms with Gasteiger partial charge < -0.3 is 14.5 Å². The molecular formula is C32H33BO3. The van der Waals surface area contributed by atoms with Gasteiger partial charge >= 0.3 is 6.92 Å². The minimum atomic E-state index is -0.976. The van der Waals surface area contributed by atoms with Crippen LogP contribution in [0.3, 0.4) is 0 Å². The molecule has 1 aliphatic heterocycles. The standard InChI is InChI=1S/C32H33BO3/c1-30(2,34)31(3,4)36-33(5)21-18-19-29-27(20-21)32(26-16-10-11-17-28(26)35-29)24-14-8-6-12-22(24)23-13-7-9-15-25(23)32/h6,8-12,14-20,34H,7,13H2,1-5H3. The van der Waals surface area contributed by atoms with E-state index in [-0.39, 0.29) is 6.92 Å². The Hall–Kier alpha value is -3.08. The highest BCUT2D eigenvalue weighted by molar-refractivity contribution is 6.66. The van der Waals surface area contributed by atoms with E-state index in [4.69, 9.17) is 9.39 Å². The van der Waals surface area contributed by atoms with E-state index >= 15 is 0 Å². The maximum atomic E-state index is 10.7. The van der Waals surface area contributed by atoms with Crippen LogP contribution in [0, 0.1) is 0 Å². The first-order valence-electron chi connectivity index (χ1n) is 13.0. The third kappa shape index (κ3) is 3.21. The molecule has 3 aromatic rings. The average Bonchev–Trinajstić information content (AvgIpc) is 3.14. The van der Waals surface area contributed by atoms with Crippen LogP contribution in [-0.2, 0) is 10.1 Å². The minimum absolute atomic E-state index is 0.210. The summed E-state index contributed by atoms with van der Waals surface area (Å²) in [5.74, 6) is 1.79. The molecule has 0 fully saturated rings. The second-order valence-electron chi connectivity index (χ2n) is 11.3. The molecule has 1 N–H and O–H groups in total. The first-order chi connectivity index (χ1) is 17.1. The lowest BCUT2D eigenvalue weighted by Crippen LogP contribution is -2.52. The first-order valence-corrected chi connectivity index (χ1v) is 13.0. The van der Waals surface area contributed by atoms with E-state index in [1.807, 2.05) is 19.9 Å². The molecule has 1 atom stereocenters. The fourth-order valence-corrected chi connectivity index (χ4v) is 6.06. The number of benzene rings is 3. The summed E-state index contributed by atoms with van der Waals surface area (Å²) in [5, 5.41) is 10.7. The molecule has 36 heavy (non-hydrogen) atoms. The highest BCUT2D eigenvalue weighted by atomic mass is 16.5. The number of hydrogen-bond donors (Lipinski definition) is 1. The molecule has 1 heterocycles. The van der Waals surface area contributed by atoms with E-state index in [1.54, 1.807) is 13.8 Å². The molecule has 1 spiro atoms. The van der Waals surface area contributed by atoms with Crippen LogP contribution in [-0.4, -0.2) is 23.2 Å². The number of aliphatic hydroxyl groups is 1. The number of fused-ring (bicyclic) bond motifs is 8. The molecule has 3 nitrogen and oxygen atoms in total. The van der Waals surface area contributed by atoms with Gasteiger partial charge in [0.1, 0.15) is 11.5 Å². The molecule has 1 unspecified atom stereocenters. The van der Waals surface area contributed by atoms with Gasteiger partial charge in [0, 0.05) is 11.1 Å². The lowest BCUT2D eigenvalue weighted by molar-refractivity contribution is -0.0918. The molecule has 4 heteroatoms. The van der Waals surface area contributed by atoms with Gasteiger partial charge in [-0.25, -0.2) is 0 Å². The van der Waals surface area contributed by atoms with E-state index < -0.39 is 16.6 Å². The van der Waals surface area contributed by atoms with Gasteiger partial charge in [0.25, 0.3) is 0 Å². The van der Waals surface area contributed by atoms with Gasteiger partial charge in [-0.2, -0.15) is 0 Å². The van der Waals surface area contributed by atoms with E-state index in [1.165, 1.54) is 27.8 Å². The van der Waals surface area contributed by atoms with Crippen molar-refractivity contribution in [3.05, 3.63) is 107 Å². The Morgan fingerprint density at radius 1 is 0.889 bits per heavy atom. The molecule has 0 saturated carbocycles. The SMILES string of the molecule is CB(OC(C)(C)C(C)(C)O)c1ccc2c(c1)C1(C3=C(CCC=C3)c3ccccc31)c1ccccc1O2. The van der Waals surface area contributed by atoms with Gasteiger partial charge in [0.15, 0.2) is 0 Å². The Morgan fingerprint density at radius 3 is 2.36 bits per heavy atom. The van der Waals surface area contributed by atoms with Crippen molar-refractivity contribution in [1.29, 1.82) is 0 Å². The predicted octanol–water partition coefficient (Wildman–Crippen LogP) is 6.64. The Bertz CT molecular complexity index is 1430. The van der Waals surface area contributed by atoms with E-state index in [9.17, 15) is 5.11 Å². The summed E-state index contributed by atoms with van der Waals surface area (Å²) in [6, 6.07) is 23.8. The smallest absolute Gasteiger partial charge is 0.324 e. The number of hydrogen-bond acceptors (Lipinski definition) is 3. The topological polar surface area (TPSA) is 38.7 Å². The van der Waals surface area contributed by atoms with Crippen molar-refractivity contribution >= 4 is 18.0 Å². The molecule has 3 aromatic carbocycles. The summed E-state index contributed by atoms with van der Waals surface area (Å²) in [6.45, 7) is 9.33. The minimum Gasteiger partial charge on any atom is -0.457 e. The monoisotopic (exact) mass is 476 g/mol. The fourth-order valence-electron chi connectivity index (χ4n) is 6.06. The zero-order valence-corrected chi connectivity index (χ0v) is 21.8. The van der Waals surface area contributed by atoms with E-state index in [0.29, 0.717) is 0 Å². The van der Waals surface area contributed by atoms with E-state index in [2.05, 4.69) is 79.6 Å². The molecule has 0 amide bonds. The highest BCUT2D eigenvalue weighted by Crippen LogP contribution is 2.62. The average molecular weight is 476 g/mol. The molecule has 0 bridgehead atoms. The second kappa shape index (κ2) is 7.96. The van der Waals surface area contributed by atoms with Crippen LogP contribution in [0.25, 0.3) is 5.57 Å².